The topological polar surface area (TPSA) is 59.6 Å². The lowest BCUT2D eigenvalue weighted by Gasteiger charge is -2.07. The van der Waals surface area contributed by atoms with Crippen LogP contribution in [0.15, 0.2) is 58.0 Å². The number of nitrogens with two attached hydrogens (primary N) is 1. The fourth-order valence-electron chi connectivity index (χ4n) is 1.68. The predicted molar refractivity (Wildman–Crippen MR) is 90.9 cm³/mol. The zero-order valence-electron chi connectivity index (χ0n) is 11.8. The number of benzene rings is 2. The Morgan fingerprint density at radius 1 is 1.14 bits per heavy atom. The van der Waals surface area contributed by atoms with Crippen LogP contribution in [0.5, 0.6) is 5.75 Å². The number of aliphatic imine (C=N–C) groups is 1. The van der Waals surface area contributed by atoms with E-state index in [1.807, 2.05) is 55.5 Å². The summed E-state index contributed by atoms with van der Waals surface area (Å²) in [7, 11) is 0. The number of nitrogens with zero attached hydrogens (tertiary/aromatic N) is 1. The summed E-state index contributed by atoms with van der Waals surface area (Å²) in [5.74, 6) is 1.21. The van der Waals surface area contributed by atoms with Crippen molar-refractivity contribution in [3.05, 3.63) is 58.6 Å². The first kappa shape index (κ1) is 15.4. The van der Waals surface area contributed by atoms with E-state index in [1.165, 1.54) is 5.56 Å². The van der Waals surface area contributed by atoms with Crippen LogP contribution in [-0.4, -0.2) is 19.1 Å². The van der Waals surface area contributed by atoms with E-state index >= 15 is 0 Å². The molecule has 2 aromatic carbocycles. The van der Waals surface area contributed by atoms with Gasteiger partial charge in [-0.2, -0.15) is 0 Å². The standard InChI is InChI=1S/C16H18BrN3O/c1-12-2-6-14(7-3-12)20-16(18)19-10-11-21-15-8-4-13(17)5-9-15/h2-9H,10-11H2,1H3,(H3,18,19,20). The Kier molecular flexibility index (Phi) is 5.63. The van der Waals surface area contributed by atoms with Crippen molar-refractivity contribution in [2.75, 3.05) is 18.5 Å². The largest absolute Gasteiger partial charge is 0.492 e. The second kappa shape index (κ2) is 7.69. The van der Waals surface area contributed by atoms with E-state index in [4.69, 9.17) is 10.5 Å². The van der Waals surface area contributed by atoms with Crippen LogP contribution in [0.25, 0.3) is 0 Å². The molecule has 3 N–H and O–H groups in total. The molecule has 0 aliphatic carbocycles. The Labute approximate surface area is 133 Å². The Bertz CT molecular complexity index is 594. The van der Waals surface area contributed by atoms with E-state index in [-0.39, 0.29) is 0 Å². The lowest BCUT2D eigenvalue weighted by Crippen LogP contribution is -2.23. The van der Waals surface area contributed by atoms with Crippen molar-refractivity contribution in [1.82, 2.24) is 0 Å². The average molecular weight is 348 g/mol. The average Bonchev–Trinajstić information content (AvgIpc) is 2.48. The number of aryl methyl sites for hydroxylation is 1. The van der Waals surface area contributed by atoms with Gasteiger partial charge in [0.2, 0.25) is 0 Å². The molecule has 5 heteroatoms. The van der Waals surface area contributed by atoms with E-state index in [1.54, 1.807) is 0 Å². The molecule has 0 spiro atoms. The summed E-state index contributed by atoms with van der Waals surface area (Å²) < 4.78 is 6.59. The number of guanidine groups is 1. The van der Waals surface area contributed by atoms with Crippen LogP contribution >= 0.6 is 15.9 Å². The summed E-state index contributed by atoms with van der Waals surface area (Å²) >= 11 is 3.38. The molecule has 0 heterocycles. The second-order valence-electron chi connectivity index (χ2n) is 4.56. The minimum atomic E-state index is 0.387. The molecule has 0 radical (unpaired) electrons. The van der Waals surface area contributed by atoms with Crippen LogP contribution < -0.4 is 15.8 Å². The molecule has 0 saturated heterocycles. The Balaban J connectivity index is 1.75. The molecule has 2 aromatic rings. The molecule has 0 aromatic heterocycles. The van der Waals surface area contributed by atoms with E-state index in [0.717, 1.165) is 15.9 Å². The third-order valence-electron chi connectivity index (χ3n) is 2.78. The normalized spacial score (nSPS) is 11.2. The summed E-state index contributed by atoms with van der Waals surface area (Å²) in [5, 5.41) is 3.04. The molecule has 0 atom stereocenters. The highest BCUT2D eigenvalue weighted by molar-refractivity contribution is 9.10. The third kappa shape index (κ3) is 5.47. The molecule has 21 heavy (non-hydrogen) atoms. The van der Waals surface area contributed by atoms with Crippen LogP contribution in [0.4, 0.5) is 5.69 Å². The van der Waals surface area contributed by atoms with Gasteiger partial charge in [-0.15, -0.1) is 0 Å². The maximum absolute atomic E-state index is 5.82. The van der Waals surface area contributed by atoms with Gasteiger partial charge in [-0.25, -0.2) is 4.99 Å². The number of ether oxygens (including phenoxy) is 1. The molecule has 0 aliphatic rings. The SMILES string of the molecule is Cc1ccc(NC(N)=NCCOc2ccc(Br)cc2)cc1. The fourth-order valence-corrected chi connectivity index (χ4v) is 1.95. The molecular weight excluding hydrogens is 330 g/mol. The van der Waals surface area contributed by atoms with Crippen LogP contribution in [0.2, 0.25) is 0 Å². The lowest BCUT2D eigenvalue weighted by atomic mass is 10.2. The molecule has 0 saturated carbocycles. The number of hydrogen-bond acceptors (Lipinski definition) is 2. The van der Waals surface area contributed by atoms with E-state index in [9.17, 15) is 0 Å². The molecule has 110 valence electrons. The second-order valence-corrected chi connectivity index (χ2v) is 5.48. The van der Waals surface area contributed by atoms with Crippen molar-refractivity contribution >= 4 is 27.6 Å². The van der Waals surface area contributed by atoms with Crippen molar-refractivity contribution < 1.29 is 4.74 Å². The molecule has 4 nitrogen and oxygen atoms in total. The maximum Gasteiger partial charge on any atom is 0.193 e. The highest BCUT2D eigenvalue weighted by Gasteiger charge is 1.96. The first-order chi connectivity index (χ1) is 10.1. The van der Waals surface area contributed by atoms with Crippen LogP contribution in [0, 0.1) is 6.92 Å². The van der Waals surface area contributed by atoms with Gasteiger partial charge < -0.3 is 15.8 Å². The van der Waals surface area contributed by atoms with Gasteiger partial charge in [-0.05, 0) is 43.3 Å². The molecule has 0 unspecified atom stereocenters. The maximum atomic E-state index is 5.82. The predicted octanol–water partition coefficient (Wildman–Crippen LogP) is 3.56. The number of anilines is 1. The van der Waals surface area contributed by atoms with Crippen LogP contribution in [0.1, 0.15) is 5.56 Å². The summed E-state index contributed by atoms with van der Waals surface area (Å²) in [5.41, 5.74) is 7.95. The fraction of sp³-hybridized carbons (Fsp3) is 0.188. The Morgan fingerprint density at radius 2 is 1.81 bits per heavy atom. The summed E-state index contributed by atoms with van der Waals surface area (Å²) in [6, 6.07) is 15.7. The van der Waals surface area contributed by atoms with Gasteiger partial charge in [0.1, 0.15) is 12.4 Å². The van der Waals surface area contributed by atoms with Crippen molar-refractivity contribution in [3.8, 4) is 5.75 Å². The van der Waals surface area contributed by atoms with Gasteiger partial charge in [0.05, 0.1) is 6.54 Å². The van der Waals surface area contributed by atoms with Crippen molar-refractivity contribution in [2.45, 2.75) is 6.92 Å². The molecule has 0 aliphatic heterocycles. The third-order valence-corrected chi connectivity index (χ3v) is 3.31. The van der Waals surface area contributed by atoms with Gasteiger partial charge in [0.15, 0.2) is 5.96 Å². The van der Waals surface area contributed by atoms with Gasteiger partial charge in [-0.3, -0.25) is 0 Å². The molecule has 2 rings (SSSR count). The Morgan fingerprint density at radius 3 is 2.48 bits per heavy atom. The summed E-state index contributed by atoms with van der Waals surface area (Å²) in [6.07, 6.45) is 0. The van der Waals surface area contributed by atoms with Gasteiger partial charge in [0.25, 0.3) is 0 Å². The smallest absolute Gasteiger partial charge is 0.193 e. The van der Waals surface area contributed by atoms with Crippen molar-refractivity contribution in [3.63, 3.8) is 0 Å². The van der Waals surface area contributed by atoms with Crippen molar-refractivity contribution in [2.24, 2.45) is 10.7 Å². The molecule has 0 fully saturated rings. The number of hydrogen-bond donors (Lipinski definition) is 2. The van der Waals surface area contributed by atoms with E-state index < -0.39 is 0 Å². The highest BCUT2D eigenvalue weighted by atomic mass is 79.9. The highest BCUT2D eigenvalue weighted by Crippen LogP contribution is 2.15. The zero-order valence-corrected chi connectivity index (χ0v) is 13.4. The molecule has 0 amide bonds. The number of halogens is 1. The lowest BCUT2D eigenvalue weighted by molar-refractivity contribution is 0.328. The zero-order chi connectivity index (χ0) is 15.1. The van der Waals surface area contributed by atoms with Crippen LogP contribution in [-0.2, 0) is 0 Å². The first-order valence-electron chi connectivity index (χ1n) is 6.65. The minimum Gasteiger partial charge on any atom is -0.492 e. The van der Waals surface area contributed by atoms with E-state index in [2.05, 4.69) is 26.2 Å². The van der Waals surface area contributed by atoms with Gasteiger partial charge >= 0.3 is 0 Å². The summed E-state index contributed by atoms with van der Waals surface area (Å²) in [6.45, 7) is 3.03. The van der Waals surface area contributed by atoms with Gasteiger partial charge in [-0.1, -0.05) is 33.6 Å². The van der Waals surface area contributed by atoms with Crippen molar-refractivity contribution in [1.29, 1.82) is 0 Å². The van der Waals surface area contributed by atoms with E-state index in [0.29, 0.717) is 19.1 Å². The number of nitrogens with one attached hydrogen (secondary N) is 1. The Hall–Kier alpha value is -2.01. The van der Waals surface area contributed by atoms with Gasteiger partial charge in [0, 0.05) is 10.2 Å². The first-order valence-corrected chi connectivity index (χ1v) is 7.45. The number of rotatable bonds is 5. The molecular formula is C16H18BrN3O. The quantitative estimate of drug-likeness (QED) is 0.493. The summed E-state index contributed by atoms with van der Waals surface area (Å²) in [4.78, 5) is 4.22. The van der Waals surface area contributed by atoms with Crippen LogP contribution in [0.3, 0.4) is 0 Å². The minimum absolute atomic E-state index is 0.387. The molecule has 0 bridgehead atoms. The monoisotopic (exact) mass is 347 g/mol.